The molecule has 0 saturated heterocycles. The van der Waals surface area contributed by atoms with Gasteiger partial charge in [0, 0.05) is 5.56 Å². The molecule has 0 heterocycles. The SMILES string of the molecule is CCCc1c(O)cccc1COc1ccc(C#N)cc1. The van der Waals surface area contributed by atoms with E-state index in [1.807, 2.05) is 12.1 Å². The summed E-state index contributed by atoms with van der Waals surface area (Å²) < 4.78 is 5.71. The molecule has 0 saturated carbocycles. The zero-order valence-corrected chi connectivity index (χ0v) is 11.5. The lowest BCUT2D eigenvalue weighted by molar-refractivity contribution is 0.304. The van der Waals surface area contributed by atoms with E-state index in [0.717, 1.165) is 29.7 Å². The summed E-state index contributed by atoms with van der Waals surface area (Å²) in [5.41, 5.74) is 2.56. The number of hydrogen-bond acceptors (Lipinski definition) is 3. The van der Waals surface area contributed by atoms with Gasteiger partial charge in [-0.25, -0.2) is 0 Å². The van der Waals surface area contributed by atoms with Crippen molar-refractivity contribution < 1.29 is 9.84 Å². The van der Waals surface area contributed by atoms with Crippen molar-refractivity contribution in [2.24, 2.45) is 0 Å². The Hall–Kier alpha value is -2.47. The highest BCUT2D eigenvalue weighted by Crippen LogP contribution is 2.24. The molecule has 3 nitrogen and oxygen atoms in total. The molecular weight excluding hydrogens is 250 g/mol. The molecule has 2 aromatic rings. The fourth-order valence-corrected chi connectivity index (χ4v) is 2.08. The molecule has 0 spiro atoms. The first-order valence-electron chi connectivity index (χ1n) is 6.67. The molecule has 0 radical (unpaired) electrons. The van der Waals surface area contributed by atoms with Gasteiger partial charge < -0.3 is 9.84 Å². The summed E-state index contributed by atoms with van der Waals surface area (Å²) >= 11 is 0. The van der Waals surface area contributed by atoms with E-state index in [0.29, 0.717) is 17.9 Å². The average Bonchev–Trinajstić information content (AvgIpc) is 2.48. The van der Waals surface area contributed by atoms with E-state index in [4.69, 9.17) is 10.00 Å². The van der Waals surface area contributed by atoms with Gasteiger partial charge in [0.05, 0.1) is 11.6 Å². The van der Waals surface area contributed by atoms with E-state index in [-0.39, 0.29) is 0 Å². The normalized spacial score (nSPS) is 10.0. The van der Waals surface area contributed by atoms with Crippen molar-refractivity contribution in [2.45, 2.75) is 26.4 Å². The second-order valence-electron chi connectivity index (χ2n) is 4.59. The van der Waals surface area contributed by atoms with Crippen LogP contribution in [0, 0.1) is 11.3 Å². The van der Waals surface area contributed by atoms with Gasteiger partial charge in [0.25, 0.3) is 0 Å². The molecule has 2 aromatic carbocycles. The summed E-state index contributed by atoms with van der Waals surface area (Å²) in [5, 5.41) is 18.6. The number of ether oxygens (including phenoxy) is 1. The third-order valence-electron chi connectivity index (χ3n) is 3.13. The molecule has 3 heteroatoms. The van der Waals surface area contributed by atoms with Gasteiger partial charge in [-0.3, -0.25) is 0 Å². The van der Waals surface area contributed by atoms with Crippen LogP contribution in [0.3, 0.4) is 0 Å². The Balaban J connectivity index is 2.10. The van der Waals surface area contributed by atoms with E-state index in [2.05, 4.69) is 13.0 Å². The number of rotatable bonds is 5. The maximum Gasteiger partial charge on any atom is 0.119 e. The monoisotopic (exact) mass is 267 g/mol. The average molecular weight is 267 g/mol. The topological polar surface area (TPSA) is 53.2 Å². The lowest BCUT2D eigenvalue weighted by Crippen LogP contribution is -2.00. The zero-order chi connectivity index (χ0) is 14.4. The Morgan fingerprint density at radius 3 is 2.55 bits per heavy atom. The fraction of sp³-hybridized carbons (Fsp3) is 0.235. The van der Waals surface area contributed by atoms with Gasteiger partial charge in [-0.15, -0.1) is 0 Å². The fourth-order valence-electron chi connectivity index (χ4n) is 2.08. The molecule has 0 aromatic heterocycles. The predicted molar refractivity (Wildman–Crippen MR) is 77.6 cm³/mol. The molecular formula is C17H17NO2. The van der Waals surface area contributed by atoms with Crippen molar-refractivity contribution in [2.75, 3.05) is 0 Å². The summed E-state index contributed by atoms with van der Waals surface area (Å²) in [5.74, 6) is 1.04. The van der Waals surface area contributed by atoms with E-state index in [1.54, 1.807) is 30.3 Å². The van der Waals surface area contributed by atoms with Crippen molar-refractivity contribution >= 4 is 0 Å². The maximum absolute atomic E-state index is 9.90. The highest BCUT2D eigenvalue weighted by Gasteiger charge is 2.07. The molecule has 0 atom stereocenters. The van der Waals surface area contributed by atoms with Crippen LogP contribution in [0.15, 0.2) is 42.5 Å². The lowest BCUT2D eigenvalue weighted by Gasteiger charge is -2.12. The smallest absolute Gasteiger partial charge is 0.119 e. The number of nitrogens with zero attached hydrogens (tertiary/aromatic N) is 1. The minimum absolute atomic E-state index is 0.327. The van der Waals surface area contributed by atoms with Crippen LogP contribution < -0.4 is 4.74 Å². The number of aromatic hydroxyl groups is 1. The van der Waals surface area contributed by atoms with Gasteiger partial charge in [0.2, 0.25) is 0 Å². The van der Waals surface area contributed by atoms with Crippen LogP contribution in [-0.2, 0) is 13.0 Å². The van der Waals surface area contributed by atoms with Crippen LogP contribution in [-0.4, -0.2) is 5.11 Å². The van der Waals surface area contributed by atoms with Crippen molar-refractivity contribution in [1.82, 2.24) is 0 Å². The van der Waals surface area contributed by atoms with Gasteiger partial charge in [-0.05, 0) is 42.3 Å². The molecule has 1 N–H and O–H groups in total. The van der Waals surface area contributed by atoms with Crippen LogP contribution in [0.4, 0.5) is 0 Å². The Labute approximate surface area is 119 Å². The summed E-state index contributed by atoms with van der Waals surface area (Å²) in [6.07, 6.45) is 1.81. The number of phenols is 1. The molecule has 0 aliphatic carbocycles. The van der Waals surface area contributed by atoms with Crippen LogP contribution in [0.5, 0.6) is 11.5 Å². The predicted octanol–water partition coefficient (Wildman–Crippen LogP) is 3.80. The second-order valence-corrected chi connectivity index (χ2v) is 4.59. The molecule has 0 aliphatic heterocycles. The molecule has 0 aliphatic rings. The highest BCUT2D eigenvalue weighted by atomic mass is 16.5. The van der Waals surface area contributed by atoms with Gasteiger partial charge in [0.1, 0.15) is 18.1 Å². The highest BCUT2D eigenvalue weighted by molar-refractivity contribution is 5.40. The summed E-state index contributed by atoms with van der Waals surface area (Å²) in [7, 11) is 0. The Morgan fingerprint density at radius 2 is 1.90 bits per heavy atom. The van der Waals surface area contributed by atoms with Crippen molar-refractivity contribution in [3.63, 3.8) is 0 Å². The number of phenolic OH excluding ortho intramolecular Hbond substituents is 1. The van der Waals surface area contributed by atoms with E-state index >= 15 is 0 Å². The second kappa shape index (κ2) is 6.63. The van der Waals surface area contributed by atoms with Crippen LogP contribution in [0.1, 0.15) is 30.0 Å². The molecule has 0 fully saturated rings. The van der Waals surface area contributed by atoms with Crippen LogP contribution in [0.25, 0.3) is 0 Å². The minimum Gasteiger partial charge on any atom is -0.508 e. The number of hydrogen-bond donors (Lipinski definition) is 1. The van der Waals surface area contributed by atoms with E-state index in [9.17, 15) is 5.11 Å². The first kappa shape index (κ1) is 14.0. The van der Waals surface area contributed by atoms with Gasteiger partial charge in [-0.1, -0.05) is 25.5 Å². The Morgan fingerprint density at radius 1 is 1.15 bits per heavy atom. The Kier molecular flexibility index (Phi) is 4.62. The van der Waals surface area contributed by atoms with Crippen LogP contribution >= 0.6 is 0 Å². The lowest BCUT2D eigenvalue weighted by atomic mass is 10.0. The summed E-state index contributed by atoms with van der Waals surface area (Å²) in [4.78, 5) is 0. The molecule has 2 rings (SSSR count). The summed E-state index contributed by atoms with van der Waals surface area (Å²) in [6, 6.07) is 14.6. The van der Waals surface area contributed by atoms with Crippen molar-refractivity contribution in [3.8, 4) is 17.6 Å². The minimum atomic E-state index is 0.327. The molecule has 0 amide bonds. The van der Waals surface area contributed by atoms with E-state index < -0.39 is 0 Å². The molecule has 0 bridgehead atoms. The van der Waals surface area contributed by atoms with Crippen LogP contribution in [0.2, 0.25) is 0 Å². The Bertz CT molecular complexity index is 612. The van der Waals surface area contributed by atoms with Gasteiger partial charge in [0.15, 0.2) is 0 Å². The first-order valence-corrected chi connectivity index (χ1v) is 6.67. The molecule has 20 heavy (non-hydrogen) atoms. The maximum atomic E-state index is 9.90. The van der Waals surface area contributed by atoms with Crippen molar-refractivity contribution in [1.29, 1.82) is 5.26 Å². The molecule has 102 valence electrons. The third kappa shape index (κ3) is 3.30. The van der Waals surface area contributed by atoms with E-state index in [1.165, 1.54) is 0 Å². The number of benzene rings is 2. The third-order valence-corrected chi connectivity index (χ3v) is 3.13. The van der Waals surface area contributed by atoms with Gasteiger partial charge in [-0.2, -0.15) is 5.26 Å². The largest absolute Gasteiger partial charge is 0.508 e. The standard InChI is InChI=1S/C17H17NO2/c1-2-4-16-14(5-3-6-17(16)19)12-20-15-9-7-13(11-18)8-10-15/h3,5-10,19H,2,4,12H2,1H3. The quantitative estimate of drug-likeness (QED) is 0.896. The first-order chi connectivity index (χ1) is 9.74. The van der Waals surface area contributed by atoms with Crippen molar-refractivity contribution in [3.05, 3.63) is 59.2 Å². The summed E-state index contributed by atoms with van der Waals surface area (Å²) in [6.45, 7) is 2.49. The zero-order valence-electron chi connectivity index (χ0n) is 11.5. The molecule has 0 unspecified atom stereocenters. The van der Waals surface area contributed by atoms with Gasteiger partial charge >= 0.3 is 0 Å². The number of nitriles is 1.